The number of hydrogen-bond donors (Lipinski definition) is 0. The monoisotopic (exact) mass is 424 g/mol. The van der Waals surface area contributed by atoms with E-state index in [2.05, 4.69) is 5.10 Å². The van der Waals surface area contributed by atoms with Gasteiger partial charge in [-0.2, -0.15) is 9.78 Å². The summed E-state index contributed by atoms with van der Waals surface area (Å²) in [5, 5.41) is 7.07. The van der Waals surface area contributed by atoms with Gasteiger partial charge in [-0.05, 0) is 35.0 Å². The Labute approximate surface area is 184 Å². The third-order valence-corrected chi connectivity index (χ3v) is 5.24. The summed E-state index contributed by atoms with van der Waals surface area (Å²) in [6, 6.07) is 32.1. The maximum Gasteiger partial charge on any atom is 0.345 e. The quantitative estimate of drug-likeness (QED) is 0.307. The van der Waals surface area contributed by atoms with E-state index in [1.54, 1.807) is 28.9 Å². The Balaban J connectivity index is 1.59. The third-order valence-electron chi connectivity index (χ3n) is 5.01. The van der Waals surface area contributed by atoms with Gasteiger partial charge in [0.2, 0.25) is 5.88 Å². The molecule has 4 nitrogen and oxygen atoms in total. The van der Waals surface area contributed by atoms with Crippen LogP contribution in [0.15, 0.2) is 103 Å². The van der Waals surface area contributed by atoms with E-state index in [0.29, 0.717) is 27.8 Å². The Bertz CT molecular complexity index is 1390. The van der Waals surface area contributed by atoms with E-state index in [4.69, 9.17) is 16.3 Å². The van der Waals surface area contributed by atoms with Crippen LogP contribution < -0.4 is 4.74 Å². The van der Waals surface area contributed by atoms with Crippen LogP contribution in [0.25, 0.3) is 27.7 Å². The molecule has 1 heterocycles. The van der Waals surface area contributed by atoms with E-state index in [0.717, 1.165) is 16.3 Å². The zero-order valence-corrected chi connectivity index (χ0v) is 17.2. The lowest BCUT2D eigenvalue weighted by molar-refractivity contribution is 0.0725. The van der Waals surface area contributed by atoms with Crippen LogP contribution in [-0.2, 0) is 0 Å². The van der Waals surface area contributed by atoms with Crippen molar-refractivity contribution in [1.82, 2.24) is 9.78 Å². The molecule has 0 unspecified atom stereocenters. The summed E-state index contributed by atoms with van der Waals surface area (Å²) in [5.41, 5.74) is 2.82. The zero-order valence-electron chi connectivity index (χ0n) is 16.4. The standard InChI is InChI=1S/C26H17ClN2O2/c27-20-12-7-13-21(16-20)29-25(17-24(28-29)19-9-2-1-3-10-19)31-26(30)23-15-6-11-18-8-4-5-14-22(18)23/h1-17H. The van der Waals surface area contributed by atoms with Crippen molar-refractivity contribution in [1.29, 1.82) is 0 Å². The molecular weight excluding hydrogens is 408 g/mol. The van der Waals surface area contributed by atoms with E-state index in [1.165, 1.54) is 0 Å². The lowest BCUT2D eigenvalue weighted by Crippen LogP contribution is -2.12. The van der Waals surface area contributed by atoms with Crippen molar-refractivity contribution in [3.05, 3.63) is 114 Å². The molecule has 150 valence electrons. The van der Waals surface area contributed by atoms with Crippen molar-refractivity contribution < 1.29 is 9.53 Å². The minimum atomic E-state index is -0.445. The highest BCUT2D eigenvalue weighted by Gasteiger charge is 2.18. The van der Waals surface area contributed by atoms with E-state index in [1.807, 2.05) is 78.9 Å². The number of carbonyl (C=O) groups excluding carboxylic acids is 1. The lowest BCUT2D eigenvalue weighted by atomic mass is 10.1. The van der Waals surface area contributed by atoms with E-state index < -0.39 is 5.97 Å². The molecule has 4 aromatic carbocycles. The van der Waals surface area contributed by atoms with Crippen molar-refractivity contribution in [2.24, 2.45) is 0 Å². The molecule has 0 saturated carbocycles. The molecule has 0 spiro atoms. The van der Waals surface area contributed by atoms with Crippen molar-refractivity contribution in [3.8, 4) is 22.8 Å². The molecule has 5 aromatic rings. The maximum atomic E-state index is 13.1. The number of hydrogen-bond acceptors (Lipinski definition) is 3. The van der Waals surface area contributed by atoms with Crippen molar-refractivity contribution in [2.75, 3.05) is 0 Å². The highest BCUT2D eigenvalue weighted by atomic mass is 35.5. The SMILES string of the molecule is O=C(Oc1cc(-c2ccccc2)nn1-c1cccc(Cl)c1)c1cccc2ccccc12. The first-order chi connectivity index (χ1) is 15.2. The first-order valence-electron chi connectivity index (χ1n) is 9.80. The predicted octanol–water partition coefficient (Wildman–Crippen LogP) is 6.57. The molecule has 0 saturated heterocycles. The molecule has 0 atom stereocenters. The van der Waals surface area contributed by atoms with Crippen LogP contribution in [0.1, 0.15) is 10.4 Å². The number of benzene rings is 4. The molecule has 0 bridgehead atoms. The van der Waals surface area contributed by atoms with Gasteiger partial charge in [0.15, 0.2) is 0 Å². The molecule has 5 rings (SSSR count). The minimum absolute atomic E-state index is 0.319. The first-order valence-corrected chi connectivity index (χ1v) is 10.2. The lowest BCUT2D eigenvalue weighted by Gasteiger charge is -2.09. The van der Waals surface area contributed by atoms with Gasteiger partial charge in [0.05, 0.1) is 16.9 Å². The Morgan fingerprint density at radius 2 is 1.55 bits per heavy atom. The molecule has 0 aliphatic rings. The Kier molecular flexibility index (Phi) is 4.98. The number of ether oxygens (including phenoxy) is 1. The van der Waals surface area contributed by atoms with Gasteiger partial charge in [0.25, 0.3) is 0 Å². The number of nitrogens with zero attached hydrogens (tertiary/aromatic N) is 2. The fourth-order valence-corrected chi connectivity index (χ4v) is 3.72. The maximum absolute atomic E-state index is 13.1. The third kappa shape index (κ3) is 3.81. The average Bonchev–Trinajstić information content (AvgIpc) is 3.23. The molecule has 5 heteroatoms. The van der Waals surface area contributed by atoms with Crippen LogP contribution in [0.4, 0.5) is 0 Å². The summed E-state index contributed by atoms with van der Waals surface area (Å²) in [6.07, 6.45) is 0. The Morgan fingerprint density at radius 1 is 0.806 bits per heavy atom. The fraction of sp³-hybridized carbons (Fsp3) is 0. The van der Waals surface area contributed by atoms with Crippen LogP contribution in [0, 0.1) is 0 Å². The smallest absolute Gasteiger partial charge is 0.345 e. The number of carbonyl (C=O) groups is 1. The number of esters is 1. The summed E-state index contributed by atoms with van der Waals surface area (Å²) in [5.74, 6) is -0.126. The second kappa shape index (κ2) is 8.09. The van der Waals surface area contributed by atoms with Crippen molar-refractivity contribution in [2.45, 2.75) is 0 Å². The molecule has 0 amide bonds. The highest BCUT2D eigenvalue weighted by Crippen LogP contribution is 2.28. The van der Waals surface area contributed by atoms with Gasteiger partial charge in [-0.1, -0.05) is 84.4 Å². The zero-order chi connectivity index (χ0) is 21.2. The molecule has 1 aromatic heterocycles. The second-order valence-electron chi connectivity index (χ2n) is 7.04. The molecule has 0 aliphatic carbocycles. The Hall–Kier alpha value is -3.89. The Morgan fingerprint density at radius 3 is 2.39 bits per heavy atom. The fourth-order valence-electron chi connectivity index (χ4n) is 3.53. The van der Waals surface area contributed by atoms with Gasteiger partial charge >= 0.3 is 5.97 Å². The van der Waals surface area contributed by atoms with E-state index in [9.17, 15) is 4.79 Å². The number of fused-ring (bicyclic) bond motifs is 1. The predicted molar refractivity (Wildman–Crippen MR) is 123 cm³/mol. The second-order valence-corrected chi connectivity index (χ2v) is 7.48. The van der Waals surface area contributed by atoms with Gasteiger partial charge in [-0.3, -0.25) is 0 Å². The summed E-state index contributed by atoms with van der Waals surface area (Å²) in [6.45, 7) is 0. The summed E-state index contributed by atoms with van der Waals surface area (Å²) < 4.78 is 7.45. The average molecular weight is 425 g/mol. The molecule has 0 N–H and O–H groups in total. The molecule has 0 aliphatic heterocycles. The van der Waals surface area contributed by atoms with Crippen molar-refractivity contribution >= 4 is 28.3 Å². The minimum Gasteiger partial charge on any atom is -0.404 e. The van der Waals surface area contributed by atoms with Gasteiger partial charge in [-0.25, -0.2) is 4.79 Å². The van der Waals surface area contributed by atoms with Gasteiger partial charge in [-0.15, -0.1) is 0 Å². The summed E-state index contributed by atoms with van der Waals surface area (Å²) >= 11 is 6.19. The van der Waals surface area contributed by atoms with E-state index >= 15 is 0 Å². The van der Waals surface area contributed by atoms with Crippen molar-refractivity contribution in [3.63, 3.8) is 0 Å². The topological polar surface area (TPSA) is 44.1 Å². The van der Waals surface area contributed by atoms with Crippen LogP contribution in [0.3, 0.4) is 0 Å². The molecule has 0 fully saturated rings. The molecule has 31 heavy (non-hydrogen) atoms. The van der Waals surface area contributed by atoms with Crippen LogP contribution in [-0.4, -0.2) is 15.7 Å². The van der Waals surface area contributed by atoms with Gasteiger partial charge in [0, 0.05) is 16.7 Å². The summed E-state index contributed by atoms with van der Waals surface area (Å²) in [7, 11) is 0. The molecular formula is C26H17ClN2O2. The van der Waals surface area contributed by atoms with Crippen LogP contribution >= 0.6 is 11.6 Å². The number of rotatable bonds is 4. The molecule has 0 radical (unpaired) electrons. The first kappa shape index (κ1) is 19.1. The van der Waals surface area contributed by atoms with Crippen LogP contribution in [0.2, 0.25) is 5.02 Å². The number of aromatic nitrogens is 2. The van der Waals surface area contributed by atoms with Gasteiger partial charge < -0.3 is 4.74 Å². The number of halogens is 1. The van der Waals surface area contributed by atoms with Gasteiger partial charge in [0.1, 0.15) is 0 Å². The van der Waals surface area contributed by atoms with Crippen LogP contribution in [0.5, 0.6) is 5.88 Å². The van der Waals surface area contributed by atoms with E-state index in [-0.39, 0.29) is 0 Å². The highest BCUT2D eigenvalue weighted by molar-refractivity contribution is 6.30. The summed E-state index contributed by atoms with van der Waals surface area (Å²) in [4.78, 5) is 13.1. The largest absolute Gasteiger partial charge is 0.404 e. The normalized spacial score (nSPS) is 10.9.